The predicted molar refractivity (Wildman–Crippen MR) is 194 cm³/mol. The number of aromatic nitrogens is 6. The molecule has 0 fully saturated rings. The van der Waals surface area contributed by atoms with E-state index in [1.54, 1.807) is 37.6 Å². The first-order chi connectivity index (χ1) is 22.8. The molecule has 0 saturated carbocycles. The van der Waals surface area contributed by atoms with Gasteiger partial charge in [-0.05, 0) is 75.5 Å². The SMILES string of the molecule is CC(C)(C)c1ccc2c(c1)C(C)(C)c1cc(C(C)(C)C)ccc1N2c1cc(-c2ccncn2)c(-c2ccncn2)c(-c2ccncn2)c1. The van der Waals surface area contributed by atoms with Crippen molar-refractivity contribution < 1.29 is 0 Å². The minimum absolute atomic E-state index is 0.00301. The molecule has 4 heterocycles. The Bertz CT molecular complexity index is 1980. The molecule has 3 aromatic heterocycles. The van der Waals surface area contributed by atoms with Crippen molar-refractivity contribution in [3.8, 4) is 33.8 Å². The molecule has 7 nitrogen and oxygen atoms in total. The van der Waals surface area contributed by atoms with Crippen LogP contribution < -0.4 is 4.90 Å². The first-order valence-corrected chi connectivity index (χ1v) is 16.4. The number of benzene rings is 3. The molecule has 6 aromatic rings. The number of nitrogens with zero attached hydrogens (tertiary/aromatic N) is 7. The minimum Gasteiger partial charge on any atom is -0.310 e. The predicted octanol–water partition coefficient (Wildman–Crippen LogP) is 9.76. The van der Waals surface area contributed by atoms with Crippen molar-refractivity contribution in [2.24, 2.45) is 0 Å². The standard InChI is InChI=1S/C41H41N7/c1-39(2,3)26-9-11-36-31(19-26)41(7,8)32-20-27(40(4,5)6)10-12-37(32)48(36)28-21-29(33-13-16-42-23-45-33)38(35-15-18-44-25-47-35)30(22-28)34-14-17-43-24-46-34/h9-25H,1-8H3. The van der Waals surface area contributed by atoms with Crippen LogP contribution in [0.5, 0.6) is 0 Å². The quantitative estimate of drug-likeness (QED) is 0.192. The van der Waals surface area contributed by atoms with E-state index in [0.29, 0.717) is 0 Å². The van der Waals surface area contributed by atoms with E-state index in [1.807, 2.05) is 18.2 Å². The highest BCUT2D eigenvalue weighted by Gasteiger charge is 2.39. The lowest BCUT2D eigenvalue weighted by Crippen LogP contribution is -2.32. The van der Waals surface area contributed by atoms with Gasteiger partial charge in [0.15, 0.2) is 0 Å². The Balaban J connectivity index is 1.59. The van der Waals surface area contributed by atoms with Crippen molar-refractivity contribution in [1.82, 2.24) is 29.9 Å². The Kier molecular flexibility index (Phi) is 7.46. The number of hydrogen-bond donors (Lipinski definition) is 0. The van der Waals surface area contributed by atoms with Crippen LogP contribution in [0.15, 0.2) is 104 Å². The van der Waals surface area contributed by atoms with Crippen molar-refractivity contribution >= 4 is 17.1 Å². The molecule has 0 amide bonds. The fraction of sp³-hybridized carbons (Fsp3) is 0.268. The zero-order valence-corrected chi connectivity index (χ0v) is 28.9. The van der Waals surface area contributed by atoms with Gasteiger partial charge in [0.25, 0.3) is 0 Å². The van der Waals surface area contributed by atoms with Crippen molar-refractivity contribution in [2.75, 3.05) is 4.90 Å². The van der Waals surface area contributed by atoms with Gasteiger partial charge >= 0.3 is 0 Å². The van der Waals surface area contributed by atoms with Crippen molar-refractivity contribution in [3.05, 3.63) is 127 Å². The Hall–Kier alpha value is -5.30. The van der Waals surface area contributed by atoms with Gasteiger partial charge in [0, 0.05) is 46.4 Å². The van der Waals surface area contributed by atoms with Gasteiger partial charge in [0.1, 0.15) is 19.0 Å². The van der Waals surface area contributed by atoms with Gasteiger partial charge in [0.2, 0.25) is 0 Å². The van der Waals surface area contributed by atoms with Gasteiger partial charge in [-0.2, -0.15) is 0 Å². The lowest BCUT2D eigenvalue weighted by molar-refractivity contribution is 0.573. The molecule has 0 unspecified atom stereocenters. The lowest BCUT2D eigenvalue weighted by Gasteiger charge is -2.43. The van der Waals surface area contributed by atoms with E-state index < -0.39 is 0 Å². The Morgan fingerprint density at radius 3 is 1.31 bits per heavy atom. The second kappa shape index (κ2) is 11.4. The summed E-state index contributed by atoms with van der Waals surface area (Å²) in [5, 5.41) is 0. The number of anilines is 3. The molecule has 0 spiro atoms. The lowest BCUT2D eigenvalue weighted by atomic mass is 9.70. The molecular weight excluding hydrogens is 591 g/mol. The van der Waals surface area contributed by atoms with Crippen LogP contribution in [0.2, 0.25) is 0 Å². The first-order valence-electron chi connectivity index (χ1n) is 16.4. The topological polar surface area (TPSA) is 80.6 Å². The van der Waals surface area contributed by atoms with Gasteiger partial charge in [-0.1, -0.05) is 79.7 Å². The zero-order valence-electron chi connectivity index (χ0n) is 28.9. The highest BCUT2D eigenvalue weighted by molar-refractivity contribution is 5.97. The minimum atomic E-state index is -0.241. The normalized spacial score (nSPS) is 14.0. The van der Waals surface area contributed by atoms with Crippen LogP contribution in [0.3, 0.4) is 0 Å². The third-order valence-electron chi connectivity index (χ3n) is 9.49. The Labute approximate surface area is 283 Å². The van der Waals surface area contributed by atoms with Crippen molar-refractivity contribution in [2.45, 2.75) is 71.6 Å². The molecule has 0 N–H and O–H groups in total. The summed E-state index contributed by atoms with van der Waals surface area (Å²) < 4.78 is 0. The maximum absolute atomic E-state index is 4.74. The molecule has 0 aliphatic carbocycles. The summed E-state index contributed by atoms with van der Waals surface area (Å²) in [4.78, 5) is 29.3. The van der Waals surface area contributed by atoms with Crippen LogP contribution in [0, 0.1) is 0 Å². The van der Waals surface area contributed by atoms with Gasteiger partial charge < -0.3 is 4.90 Å². The smallest absolute Gasteiger partial charge is 0.116 e. The van der Waals surface area contributed by atoms with Crippen LogP contribution in [-0.2, 0) is 16.2 Å². The van der Waals surface area contributed by atoms with Crippen LogP contribution in [-0.4, -0.2) is 29.9 Å². The molecule has 3 aromatic carbocycles. The summed E-state index contributed by atoms with van der Waals surface area (Å²) in [5.74, 6) is 0. The Morgan fingerprint density at radius 2 is 0.938 bits per heavy atom. The monoisotopic (exact) mass is 631 g/mol. The van der Waals surface area contributed by atoms with E-state index in [2.05, 4.69) is 124 Å². The van der Waals surface area contributed by atoms with E-state index in [9.17, 15) is 0 Å². The Morgan fingerprint density at radius 1 is 0.521 bits per heavy atom. The molecule has 0 saturated heterocycles. The largest absolute Gasteiger partial charge is 0.310 e. The molecule has 0 bridgehead atoms. The summed E-state index contributed by atoms with van der Waals surface area (Å²) in [6.07, 6.45) is 10.1. The second-order valence-electron chi connectivity index (χ2n) is 15.1. The molecule has 1 aliphatic heterocycles. The summed E-state index contributed by atoms with van der Waals surface area (Å²) in [5.41, 5.74) is 13.4. The second-order valence-corrected chi connectivity index (χ2v) is 15.1. The highest BCUT2D eigenvalue weighted by atomic mass is 15.2. The van der Waals surface area contributed by atoms with Gasteiger partial charge in [-0.3, -0.25) is 0 Å². The molecule has 48 heavy (non-hydrogen) atoms. The van der Waals surface area contributed by atoms with Gasteiger partial charge in [-0.15, -0.1) is 0 Å². The molecule has 1 aliphatic rings. The van der Waals surface area contributed by atoms with Crippen molar-refractivity contribution in [3.63, 3.8) is 0 Å². The maximum atomic E-state index is 4.74. The van der Waals surface area contributed by atoms with Crippen molar-refractivity contribution in [1.29, 1.82) is 0 Å². The molecule has 0 atom stereocenters. The van der Waals surface area contributed by atoms with E-state index >= 15 is 0 Å². The number of fused-ring (bicyclic) bond motifs is 2. The van der Waals surface area contributed by atoms with Gasteiger partial charge in [-0.25, -0.2) is 29.9 Å². The van der Waals surface area contributed by atoms with E-state index in [-0.39, 0.29) is 16.2 Å². The highest BCUT2D eigenvalue weighted by Crippen LogP contribution is 2.54. The third kappa shape index (κ3) is 5.43. The molecule has 0 radical (unpaired) electrons. The molecule has 7 heteroatoms. The summed E-state index contributed by atoms with van der Waals surface area (Å²) in [6.45, 7) is 18.4. The summed E-state index contributed by atoms with van der Waals surface area (Å²) >= 11 is 0. The van der Waals surface area contributed by atoms with E-state index in [0.717, 1.165) is 50.8 Å². The van der Waals surface area contributed by atoms with Crippen LogP contribution >= 0.6 is 0 Å². The van der Waals surface area contributed by atoms with E-state index in [1.165, 1.54) is 22.3 Å². The fourth-order valence-corrected chi connectivity index (χ4v) is 6.72. The third-order valence-corrected chi connectivity index (χ3v) is 9.49. The van der Waals surface area contributed by atoms with Crippen LogP contribution in [0.25, 0.3) is 33.8 Å². The zero-order chi connectivity index (χ0) is 33.8. The molecule has 7 rings (SSSR count). The number of rotatable bonds is 4. The van der Waals surface area contributed by atoms with Gasteiger partial charge in [0.05, 0.1) is 28.5 Å². The maximum Gasteiger partial charge on any atom is 0.116 e. The van der Waals surface area contributed by atoms with E-state index in [4.69, 9.17) is 15.0 Å². The average molecular weight is 632 g/mol. The van der Waals surface area contributed by atoms with Crippen LogP contribution in [0.1, 0.15) is 77.6 Å². The first kappa shape index (κ1) is 31.3. The summed E-state index contributed by atoms with van der Waals surface area (Å²) in [6, 6.07) is 24.3. The fourth-order valence-electron chi connectivity index (χ4n) is 6.72. The van der Waals surface area contributed by atoms with Crippen LogP contribution in [0.4, 0.5) is 17.1 Å². The molecular formula is C41H41N7. The summed E-state index contributed by atoms with van der Waals surface area (Å²) in [7, 11) is 0. The average Bonchev–Trinajstić information content (AvgIpc) is 3.08. The molecule has 240 valence electrons. The number of hydrogen-bond acceptors (Lipinski definition) is 7.